The fraction of sp³-hybridized carbons (Fsp3) is 0.737. The highest BCUT2D eigenvalue weighted by Gasteiger charge is 2.30. The number of thiazole rings is 1. The van der Waals surface area contributed by atoms with Crippen molar-refractivity contribution in [3.05, 3.63) is 16.1 Å². The third-order valence-electron chi connectivity index (χ3n) is 4.10. The van der Waals surface area contributed by atoms with E-state index >= 15 is 0 Å². The van der Waals surface area contributed by atoms with Gasteiger partial charge in [0, 0.05) is 24.2 Å². The Morgan fingerprint density at radius 2 is 1.89 bits per heavy atom. The van der Waals surface area contributed by atoms with Crippen molar-refractivity contribution in [2.24, 2.45) is 4.99 Å². The van der Waals surface area contributed by atoms with Gasteiger partial charge in [0.2, 0.25) is 0 Å². The molecule has 1 aromatic heterocycles. The second-order valence-corrected chi connectivity index (χ2v) is 8.85. The zero-order valence-corrected chi connectivity index (χ0v) is 18.5. The van der Waals surface area contributed by atoms with Crippen LogP contribution in [0.5, 0.6) is 0 Å². The number of aryl methyl sites for hydroxylation is 1. The minimum atomic E-state index is -0.521. The summed E-state index contributed by atoms with van der Waals surface area (Å²) in [4.78, 5) is 22.4. The van der Waals surface area contributed by atoms with Crippen LogP contribution in [0.1, 0.15) is 64.3 Å². The number of ether oxygens (including phenoxy) is 1. The van der Waals surface area contributed by atoms with Crippen LogP contribution in [0.25, 0.3) is 0 Å². The topological polar surface area (TPSA) is 87.6 Å². The van der Waals surface area contributed by atoms with E-state index in [4.69, 9.17) is 4.74 Å². The Hall–Kier alpha value is -1.83. The summed E-state index contributed by atoms with van der Waals surface area (Å²) in [6.07, 6.45) is 3.02. The maximum Gasteiger partial charge on any atom is 0.408 e. The molecule has 1 heterocycles. The molecule has 0 aliphatic rings. The third-order valence-corrected chi connectivity index (χ3v) is 5.00. The number of carbonyl (C=O) groups is 1. The molecular formula is C19H35N5O2S. The molecule has 0 atom stereocenters. The molecule has 0 fully saturated rings. The standard InChI is InChI=1S/C19H35N5O2S/c1-8-19(9-2,24-17(25)26-18(5,6)7)13-23-16(20-10-3)22-12-15-21-11-14(4)27-15/h11H,8-10,12-13H2,1-7H3,(H,24,25)(H2,20,22,23). The van der Waals surface area contributed by atoms with Crippen LogP contribution in [-0.4, -0.2) is 41.3 Å². The van der Waals surface area contributed by atoms with Gasteiger partial charge in [0.15, 0.2) is 5.96 Å². The molecule has 0 aliphatic carbocycles. The van der Waals surface area contributed by atoms with Gasteiger partial charge in [-0.2, -0.15) is 0 Å². The summed E-state index contributed by atoms with van der Waals surface area (Å²) >= 11 is 1.65. The lowest BCUT2D eigenvalue weighted by atomic mass is 9.93. The average molecular weight is 398 g/mol. The van der Waals surface area contributed by atoms with E-state index in [0.29, 0.717) is 19.0 Å². The molecule has 27 heavy (non-hydrogen) atoms. The van der Waals surface area contributed by atoms with E-state index in [-0.39, 0.29) is 0 Å². The van der Waals surface area contributed by atoms with E-state index in [1.807, 2.05) is 40.8 Å². The Morgan fingerprint density at radius 3 is 2.37 bits per heavy atom. The van der Waals surface area contributed by atoms with Crippen molar-refractivity contribution in [3.8, 4) is 0 Å². The Morgan fingerprint density at radius 1 is 1.22 bits per heavy atom. The molecule has 1 amide bonds. The maximum absolute atomic E-state index is 12.3. The number of guanidine groups is 1. The normalized spacial score (nSPS) is 12.6. The second-order valence-electron chi connectivity index (χ2n) is 7.53. The molecule has 0 bridgehead atoms. The van der Waals surface area contributed by atoms with Crippen molar-refractivity contribution in [3.63, 3.8) is 0 Å². The molecule has 0 saturated heterocycles. The van der Waals surface area contributed by atoms with Gasteiger partial charge in [-0.3, -0.25) is 0 Å². The first-order valence-corrected chi connectivity index (χ1v) is 10.4. The summed E-state index contributed by atoms with van der Waals surface area (Å²) in [5.74, 6) is 0.711. The number of hydrogen-bond donors (Lipinski definition) is 3. The Labute approximate surface area is 167 Å². The highest BCUT2D eigenvalue weighted by Crippen LogP contribution is 2.16. The van der Waals surface area contributed by atoms with Gasteiger partial charge in [-0.1, -0.05) is 13.8 Å². The van der Waals surface area contributed by atoms with Crippen LogP contribution in [0.2, 0.25) is 0 Å². The molecule has 0 radical (unpaired) electrons. The first-order chi connectivity index (χ1) is 12.6. The van der Waals surface area contributed by atoms with Crippen LogP contribution < -0.4 is 16.0 Å². The molecule has 1 aromatic rings. The van der Waals surface area contributed by atoms with Crippen molar-refractivity contribution in [2.75, 3.05) is 13.1 Å². The molecule has 3 N–H and O–H groups in total. The Bertz CT molecular complexity index is 618. The first-order valence-electron chi connectivity index (χ1n) is 9.57. The lowest BCUT2D eigenvalue weighted by Gasteiger charge is -2.34. The van der Waals surface area contributed by atoms with Crippen molar-refractivity contribution in [1.29, 1.82) is 0 Å². The lowest BCUT2D eigenvalue weighted by molar-refractivity contribution is 0.0448. The highest BCUT2D eigenvalue weighted by molar-refractivity contribution is 7.11. The zero-order chi connectivity index (χ0) is 20.5. The summed E-state index contributed by atoms with van der Waals surface area (Å²) in [6, 6.07) is 0. The Kier molecular flexibility index (Phi) is 9.02. The third kappa shape index (κ3) is 8.60. The molecule has 7 nitrogen and oxygen atoms in total. The predicted molar refractivity (Wildman–Crippen MR) is 112 cm³/mol. The van der Waals surface area contributed by atoms with Crippen LogP contribution >= 0.6 is 11.3 Å². The van der Waals surface area contributed by atoms with Crippen LogP contribution in [0, 0.1) is 6.92 Å². The number of amides is 1. The van der Waals surface area contributed by atoms with Crippen LogP contribution in [0.15, 0.2) is 11.2 Å². The van der Waals surface area contributed by atoms with E-state index in [1.165, 1.54) is 4.88 Å². The van der Waals surface area contributed by atoms with Gasteiger partial charge in [0.05, 0.1) is 12.1 Å². The predicted octanol–water partition coefficient (Wildman–Crippen LogP) is 3.59. The summed E-state index contributed by atoms with van der Waals surface area (Å²) in [7, 11) is 0. The minimum absolute atomic E-state index is 0.395. The molecule has 0 spiro atoms. The number of nitrogens with one attached hydrogen (secondary N) is 3. The van der Waals surface area contributed by atoms with Crippen LogP contribution in [0.3, 0.4) is 0 Å². The number of hydrogen-bond acceptors (Lipinski definition) is 5. The maximum atomic E-state index is 12.3. The molecule has 0 saturated carbocycles. The highest BCUT2D eigenvalue weighted by atomic mass is 32.1. The summed E-state index contributed by atoms with van der Waals surface area (Å²) < 4.78 is 5.43. The van der Waals surface area contributed by atoms with Crippen molar-refractivity contribution in [1.82, 2.24) is 20.9 Å². The summed E-state index contributed by atoms with van der Waals surface area (Å²) in [5, 5.41) is 10.6. The van der Waals surface area contributed by atoms with E-state index in [1.54, 1.807) is 11.3 Å². The number of aliphatic imine (C=N–C) groups is 1. The fourth-order valence-electron chi connectivity index (χ4n) is 2.46. The average Bonchev–Trinajstić information content (AvgIpc) is 3.00. The van der Waals surface area contributed by atoms with E-state index in [2.05, 4.69) is 39.8 Å². The summed E-state index contributed by atoms with van der Waals surface area (Å²) in [6.45, 7) is 15.6. The molecule has 154 valence electrons. The monoisotopic (exact) mass is 397 g/mol. The zero-order valence-electron chi connectivity index (χ0n) is 17.7. The Balaban J connectivity index is 2.76. The fourth-order valence-corrected chi connectivity index (χ4v) is 3.17. The van der Waals surface area contributed by atoms with Gasteiger partial charge < -0.3 is 20.7 Å². The second kappa shape index (κ2) is 10.5. The number of carbonyl (C=O) groups excluding carboxylic acids is 1. The SMILES string of the molecule is CCNC(=NCc1ncc(C)s1)NCC(CC)(CC)NC(=O)OC(C)(C)C. The lowest BCUT2D eigenvalue weighted by Crippen LogP contribution is -2.57. The van der Waals surface area contributed by atoms with Crippen molar-refractivity contribution in [2.45, 2.75) is 79.0 Å². The number of nitrogens with zero attached hydrogens (tertiary/aromatic N) is 2. The largest absolute Gasteiger partial charge is 0.444 e. The van der Waals surface area contributed by atoms with Gasteiger partial charge in [0.25, 0.3) is 0 Å². The van der Waals surface area contributed by atoms with Crippen molar-refractivity contribution < 1.29 is 9.53 Å². The van der Waals surface area contributed by atoms with Gasteiger partial charge in [-0.25, -0.2) is 14.8 Å². The van der Waals surface area contributed by atoms with E-state index in [9.17, 15) is 4.79 Å². The van der Waals surface area contributed by atoms with E-state index in [0.717, 1.165) is 24.4 Å². The molecular weight excluding hydrogens is 362 g/mol. The van der Waals surface area contributed by atoms with Gasteiger partial charge in [-0.05, 0) is 47.5 Å². The summed E-state index contributed by atoms with van der Waals surface area (Å²) in [5.41, 5.74) is -0.927. The number of aromatic nitrogens is 1. The van der Waals surface area contributed by atoms with Crippen LogP contribution in [-0.2, 0) is 11.3 Å². The van der Waals surface area contributed by atoms with Gasteiger partial charge in [-0.15, -0.1) is 11.3 Å². The van der Waals surface area contributed by atoms with E-state index < -0.39 is 17.2 Å². The molecule has 1 rings (SSSR count). The first kappa shape index (κ1) is 23.2. The molecule has 8 heteroatoms. The van der Waals surface area contributed by atoms with Crippen molar-refractivity contribution >= 4 is 23.4 Å². The minimum Gasteiger partial charge on any atom is -0.444 e. The molecule has 0 aromatic carbocycles. The molecule has 0 aliphatic heterocycles. The quantitative estimate of drug-likeness (QED) is 0.461. The van der Waals surface area contributed by atoms with Gasteiger partial charge in [0.1, 0.15) is 10.6 Å². The number of rotatable bonds is 8. The smallest absolute Gasteiger partial charge is 0.408 e. The van der Waals surface area contributed by atoms with Crippen LogP contribution in [0.4, 0.5) is 4.79 Å². The number of alkyl carbamates (subject to hydrolysis) is 1. The van der Waals surface area contributed by atoms with Gasteiger partial charge >= 0.3 is 6.09 Å². The molecule has 0 unspecified atom stereocenters.